The molecule has 2 rings (SSSR count). The summed E-state index contributed by atoms with van der Waals surface area (Å²) in [5.74, 6) is -1.19. The molecule has 0 aliphatic heterocycles. The van der Waals surface area contributed by atoms with E-state index in [-0.39, 0.29) is 17.4 Å². The number of carboxylic acid groups (broad SMARTS) is 1. The van der Waals surface area contributed by atoms with Gasteiger partial charge in [-0.2, -0.15) is 0 Å². The zero-order valence-electron chi connectivity index (χ0n) is 12.3. The lowest BCUT2D eigenvalue weighted by Crippen LogP contribution is -2.10. The predicted octanol–water partition coefficient (Wildman–Crippen LogP) is 4.31. The van der Waals surface area contributed by atoms with Gasteiger partial charge in [0, 0.05) is 11.7 Å². The first kappa shape index (κ1) is 15.0. The molecule has 0 saturated carbocycles. The summed E-state index contributed by atoms with van der Waals surface area (Å²) in [6, 6.07) is 10.1. The van der Waals surface area contributed by atoms with Gasteiger partial charge in [0.25, 0.3) is 0 Å². The minimum absolute atomic E-state index is 0.122. The summed E-state index contributed by atoms with van der Waals surface area (Å²) in [5.41, 5.74) is 3.10. The standard InChI is InChI=1S/C17H18FNO2/c1-10-7-8-13(9-15(10)18)12(3)19-16-6-4-5-14(11(16)2)17(20)21/h4-9,12,19H,1-3H3,(H,20,21). The van der Waals surface area contributed by atoms with Crippen LogP contribution in [0.1, 0.15) is 40.0 Å². The number of carbonyl (C=O) groups is 1. The molecule has 0 aliphatic carbocycles. The number of nitrogens with one attached hydrogen (secondary N) is 1. The highest BCUT2D eigenvalue weighted by Crippen LogP contribution is 2.25. The molecule has 1 atom stereocenters. The molecule has 0 saturated heterocycles. The predicted molar refractivity (Wildman–Crippen MR) is 81.3 cm³/mol. The first-order valence-electron chi connectivity index (χ1n) is 6.75. The highest BCUT2D eigenvalue weighted by molar-refractivity contribution is 5.91. The van der Waals surface area contributed by atoms with Gasteiger partial charge in [0.2, 0.25) is 0 Å². The van der Waals surface area contributed by atoms with Crippen molar-refractivity contribution in [2.24, 2.45) is 0 Å². The molecule has 0 heterocycles. The lowest BCUT2D eigenvalue weighted by atomic mass is 10.0. The Hall–Kier alpha value is -2.36. The molecule has 2 aromatic carbocycles. The number of anilines is 1. The van der Waals surface area contributed by atoms with Gasteiger partial charge in [0.15, 0.2) is 0 Å². The summed E-state index contributed by atoms with van der Waals surface area (Å²) < 4.78 is 13.6. The number of aromatic carboxylic acids is 1. The van der Waals surface area contributed by atoms with E-state index in [1.807, 2.05) is 19.1 Å². The molecule has 4 heteroatoms. The summed E-state index contributed by atoms with van der Waals surface area (Å²) in [7, 11) is 0. The number of halogens is 1. The van der Waals surface area contributed by atoms with E-state index in [9.17, 15) is 9.18 Å². The average Bonchev–Trinajstić information content (AvgIpc) is 2.43. The van der Waals surface area contributed by atoms with Crippen LogP contribution in [0.3, 0.4) is 0 Å². The Morgan fingerprint density at radius 2 is 1.95 bits per heavy atom. The van der Waals surface area contributed by atoms with Crippen molar-refractivity contribution in [2.75, 3.05) is 5.32 Å². The smallest absolute Gasteiger partial charge is 0.336 e. The Bertz CT molecular complexity index is 682. The number of aryl methyl sites for hydroxylation is 1. The first-order valence-corrected chi connectivity index (χ1v) is 6.75. The largest absolute Gasteiger partial charge is 0.478 e. The Kier molecular flexibility index (Phi) is 4.26. The molecule has 0 amide bonds. The average molecular weight is 287 g/mol. The summed E-state index contributed by atoms with van der Waals surface area (Å²) in [6.07, 6.45) is 0. The van der Waals surface area contributed by atoms with Crippen LogP contribution < -0.4 is 5.32 Å². The molecule has 0 aliphatic rings. The van der Waals surface area contributed by atoms with Crippen LogP contribution in [-0.2, 0) is 0 Å². The Morgan fingerprint density at radius 1 is 1.24 bits per heavy atom. The number of rotatable bonds is 4. The summed E-state index contributed by atoms with van der Waals surface area (Å²) in [4.78, 5) is 11.1. The lowest BCUT2D eigenvalue weighted by molar-refractivity contribution is 0.0696. The van der Waals surface area contributed by atoms with Crippen LogP contribution in [0.4, 0.5) is 10.1 Å². The second-order valence-electron chi connectivity index (χ2n) is 5.16. The molecule has 2 N–H and O–H groups in total. The molecule has 0 aromatic heterocycles. The summed E-state index contributed by atoms with van der Waals surface area (Å²) >= 11 is 0. The van der Waals surface area contributed by atoms with Crippen LogP contribution in [0.15, 0.2) is 36.4 Å². The zero-order valence-corrected chi connectivity index (χ0v) is 12.3. The Morgan fingerprint density at radius 3 is 2.57 bits per heavy atom. The van der Waals surface area contributed by atoms with Crippen LogP contribution in [-0.4, -0.2) is 11.1 Å². The second-order valence-corrected chi connectivity index (χ2v) is 5.16. The van der Waals surface area contributed by atoms with Gasteiger partial charge in [-0.15, -0.1) is 0 Å². The van der Waals surface area contributed by atoms with Crippen molar-refractivity contribution in [3.8, 4) is 0 Å². The molecule has 21 heavy (non-hydrogen) atoms. The minimum Gasteiger partial charge on any atom is -0.478 e. The van der Waals surface area contributed by atoms with Gasteiger partial charge in [-0.25, -0.2) is 9.18 Å². The van der Waals surface area contributed by atoms with E-state index in [4.69, 9.17) is 5.11 Å². The van der Waals surface area contributed by atoms with E-state index < -0.39 is 5.97 Å². The van der Waals surface area contributed by atoms with E-state index in [0.717, 1.165) is 11.3 Å². The van der Waals surface area contributed by atoms with Crippen LogP contribution in [0.2, 0.25) is 0 Å². The van der Waals surface area contributed by atoms with E-state index in [2.05, 4.69) is 5.32 Å². The van der Waals surface area contributed by atoms with Crippen molar-refractivity contribution >= 4 is 11.7 Å². The van der Waals surface area contributed by atoms with Crippen LogP contribution >= 0.6 is 0 Å². The highest BCUT2D eigenvalue weighted by Gasteiger charge is 2.13. The van der Waals surface area contributed by atoms with Gasteiger partial charge in [-0.1, -0.05) is 18.2 Å². The Labute approximate surface area is 123 Å². The monoisotopic (exact) mass is 287 g/mol. The number of hydrogen-bond acceptors (Lipinski definition) is 2. The van der Waals surface area contributed by atoms with E-state index in [0.29, 0.717) is 11.1 Å². The Balaban J connectivity index is 2.27. The molecule has 0 bridgehead atoms. The maximum atomic E-state index is 13.6. The first-order chi connectivity index (χ1) is 9.90. The molecule has 110 valence electrons. The van der Waals surface area contributed by atoms with Gasteiger partial charge >= 0.3 is 5.97 Å². The van der Waals surface area contributed by atoms with E-state index >= 15 is 0 Å². The van der Waals surface area contributed by atoms with Gasteiger partial charge in [0.05, 0.1) is 5.56 Å². The summed E-state index contributed by atoms with van der Waals surface area (Å²) in [6.45, 7) is 5.39. The van der Waals surface area contributed by atoms with Crippen molar-refractivity contribution in [3.05, 3.63) is 64.5 Å². The number of carboxylic acids is 1. The third-order valence-electron chi connectivity index (χ3n) is 3.63. The lowest BCUT2D eigenvalue weighted by Gasteiger charge is -2.18. The van der Waals surface area contributed by atoms with Crippen molar-refractivity contribution in [1.82, 2.24) is 0 Å². The molecule has 3 nitrogen and oxygen atoms in total. The third kappa shape index (κ3) is 3.21. The molecule has 0 radical (unpaired) electrons. The quantitative estimate of drug-likeness (QED) is 0.880. The third-order valence-corrected chi connectivity index (χ3v) is 3.63. The molecule has 0 spiro atoms. The van der Waals surface area contributed by atoms with Crippen molar-refractivity contribution in [1.29, 1.82) is 0 Å². The SMILES string of the molecule is Cc1ccc(C(C)Nc2cccc(C(=O)O)c2C)cc1F. The normalized spacial score (nSPS) is 12.0. The number of hydrogen-bond donors (Lipinski definition) is 2. The van der Waals surface area contributed by atoms with E-state index in [1.165, 1.54) is 6.07 Å². The van der Waals surface area contributed by atoms with E-state index in [1.54, 1.807) is 32.0 Å². The molecule has 2 aromatic rings. The van der Waals surface area contributed by atoms with Gasteiger partial charge in [-0.05, 0) is 55.7 Å². The van der Waals surface area contributed by atoms with Crippen LogP contribution in [0, 0.1) is 19.7 Å². The van der Waals surface area contributed by atoms with Gasteiger partial charge < -0.3 is 10.4 Å². The molecule has 1 unspecified atom stereocenters. The van der Waals surface area contributed by atoms with Crippen LogP contribution in [0.5, 0.6) is 0 Å². The maximum absolute atomic E-state index is 13.6. The fraction of sp³-hybridized carbons (Fsp3) is 0.235. The maximum Gasteiger partial charge on any atom is 0.336 e. The topological polar surface area (TPSA) is 49.3 Å². The van der Waals surface area contributed by atoms with Crippen molar-refractivity contribution in [3.63, 3.8) is 0 Å². The fourth-order valence-corrected chi connectivity index (χ4v) is 2.22. The molecule has 0 fully saturated rings. The fourth-order valence-electron chi connectivity index (χ4n) is 2.22. The number of benzene rings is 2. The summed E-state index contributed by atoms with van der Waals surface area (Å²) in [5, 5.41) is 12.4. The van der Waals surface area contributed by atoms with Crippen molar-refractivity contribution < 1.29 is 14.3 Å². The molecular formula is C17H18FNO2. The second kappa shape index (κ2) is 5.95. The van der Waals surface area contributed by atoms with Gasteiger partial charge in [-0.3, -0.25) is 0 Å². The van der Waals surface area contributed by atoms with Crippen molar-refractivity contribution in [2.45, 2.75) is 26.8 Å². The van der Waals surface area contributed by atoms with Crippen LogP contribution in [0.25, 0.3) is 0 Å². The molecular weight excluding hydrogens is 269 g/mol. The minimum atomic E-state index is -0.954. The van der Waals surface area contributed by atoms with Gasteiger partial charge in [0.1, 0.15) is 5.82 Å². The zero-order chi connectivity index (χ0) is 15.6. The highest BCUT2D eigenvalue weighted by atomic mass is 19.1.